The van der Waals surface area contributed by atoms with Gasteiger partial charge in [0.2, 0.25) is 0 Å². The highest BCUT2D eigenvalue weighted by Gasteiger charge is 2.34. The van der Waals surface area contributed by atoms with Crippen molar-refractivity contribution in [3.05, 3.63) is 0 Å². The molecule has 0 unspecified atom stereocenters. The average molecular weight is 239 g/mol. The van der Waals surface area contributed by atoms with Crippen molar-refractivity contribution in [2.45, 2.75) is 44.6 Å². The van der Waals surface area contributed by atoms with Gasteiger partial charge < -0.3 is 15.4 Å². The van der Waals surface area contributed by atoms with E-state index in [2.05, 4.69) is 16.8 Å². The van der Waals surface area contributed by atoms with Gasteiger partial charge in [-0.1, -0.05) is 6.92 Å². The van der Waals surface area contributed by atoms with E-state index in [9.17, 15) is 0 Å². The zero-order valence-electron chi connectivity index (χ0n) is 11.1. The molecule has 4 heteroatoms. The number of aliphatic imine (C=N–C) groups is 1. The highest BCUT2D eigenvalue weighted by atomic mass is 16.5. The Morgan fingerprint density at radius 2 is 2.06 bits per heavy atom. The zero-order valence-corrected chi connectivity index (χ0v) is 11.1. The Morgan fingerprint density at radius 3 is 2.53 bits per heavy atom. The fourth-order valence-electron chi connectivity index (χ4n) is 2.59. The van der Waals surface area contributed by atoms with Crippen molar-refractivity contribution in [2.75, 3.05) is 26.7 Å². The predicted molar refractivity (Wildman–Crippen MR) is 70.1 cm³/mol. The van der Waals surface area contributed by atoms with Gasteiger partial charge in [0.05, 0.1) is 12.1 Å². The van der Waals surface area contributed by atoms with Crippen molar-refractivity contribution in [3.63, 3.8) is 0 Å². The molecule has 98 valence electrons. The summed E-state index contributed by atoms with van der Waals surface area (Å²) in [6, 6.07) is 0. The molecule has 17 heavy (non-hydrogen) atoms. The standard InChI is InChI=1S/C13H25N3O/c1-11-4-6-13(17-2,7-5-11)10-15-12(14)16-8-3-9-16/h11H,3-10H2,1-2H3,(H2,14,15). The summed E-state index contributed by atoms with van der Waals surface area (Å²) in [5, 5.41) is 0. The normalized spacial score (nSPS) is 34.6. The predicted octanol–water partition coefficient (Wildman–Crippen LogP) is 1.60. The first-order valence-corrected chi connectivity index (χ1v) is 6.75. The van der Waals surface area contributed by atoms with Crippen LogP contribution in [0.25, 0.3) is 0 Å². The van der Waals surface area contributed by atoms with Crippen molar-refractivity contribution in [1.82, 2.24) is 4.90 Å². The van der Waals surface area contributed by atoms with Crippen molar-refractivity contribution < 1.29 is 4.74 Å². The summed E-state index contributed by atoms with van der Waals surface area (Å²) in [6.45, 7) is 5.16. The number of rotatable bonds is 3. The van der Waals surface area contributed by atoms with Crippen molar-refractivity contribution >= 4 is 5.96 Å². The van der Waals surface area contributed by atoms with E-state index >= 15 is 0 Å². The molecule has 0 atom stereocenters. The van der Waals surface area contributed by atoms with Gasteiger partial charge in [-0.05, 0) is 38.0 Å². The summed E-state index contributed by atoms with van der Waals surface area (Å²) in [6.07, 6.45) is 5.95. The third-order valence-corrected chi connectivity index (χ3v) is 4.33. The molecule has 0 aromatic heterocycles. The number of nitrogens with two attached hydrogens (primary N) is 1. The molecule has 2 rings (SSSR count). The van der Waals surface area contributed by atoms with E-state index in [1.54, 1.807) is 0 Å². The zero-order chi connectivity index (χ0) is 12.3. The highest BCUT2D eigenvalue weighted by Crippen LogP contribution is 2.34. The van der Waals surface area contributed by atoms with Gasteiger partial charge in [0.1, 0.15) is 0 Å². The highest BCUT2D eigenvalue weighted by molar-refractivity contribution is 5.78. The Labute approximate surface area is 104 Å². The number of nitrogens with zero attached hydrogens (tertiary/aromatic N) is 2. The first-order valence-electron chi connectivity index (χ1n) is 6.75. The lowest BCUT2D eigenvalue weighted by atomic mass is 9.79. The van der Waals surface area contributed by atoms with Gasteiger partial charge in [-0.3, -0.25) is 4.99 Å². The van der Waals surface area contributed by atoms with Crippen LogP contribution in [0.15, 0.2) is 4.99 Å². The quantitative estimate of drug-likeness (QED) is 0.601. The second-order valence-electron chi connectivity index (χ2n) is 5.58. The molecule has 0 radical (unpaired) electrons. The Kier molecular flexibility index (Phi) is 3.92. The van der Waals surface area contributed by atoms with E-state index in [1.165, 1.54) is 19.3 Å². The molecule has 0 amide bonds. The summed E-state index contributed by atoms with van der Waals surface area (Å²) in [5.74, 6) is 1.53. The van der Waals surface area contributed by atoms with Gasteiger partial charge >= 0.3 is 0 Å². The molecular formula is C13H25N3O. The van der Waals surface area contributed by atoms with Crippen LogP contribution in [0.2, 0.25) is 0 Å². The van der Waals surface area contributed by atoms with Crippen molar-refractivity contribution in [1.29, 1.82) is 0 Å². The molecule has 2 aliphatic rings. The lowest BCUT2D eigenvalue weighted by Crippen LogP contribution is -2.47. The van der Waals surface area contributed by atoms with Crippen molar-refractivity contribution in [2.24, 2.45) is 16.6 Å². The molecule has 4 nitrogen and oxygen atoms in total. The van der Waals surface area contributed by atoms with Crippen LogP contribution < -0.4 is 5.73 Å². The smallest absolute Gasteiger partial charge is 0.191 e. The minimum atomic E-state index is -0.0536. The lowest BCUT2D eigenvalue weighted by molar-refractivity contribution is -0.0396. The van der Waals surface area contributed by atoms with Gasteiger partial charge in [0, 0.05) is 20.2 Å². The Hall–Kier alpha value is -0.770. The second-order valence-corrected chi connectivity index (χ2v) is 5.58. The van der Waals surface area contributed by atoms with Crippen LogP contribution in [0.5, 0.6) is 0 Å². The molecule has 1 saturated heterocycles. The van der Waals surface area contributed by atoms with Crippen LogP contribution in [0.3, 0.4) is 0 Å². The molecule has 0 spiro atoms. The SMILES string of the molecule is COC1(CN=C(N)N2CCC2)CCC(C)CC1. The fourth-order valence-corrected chi connectivity index (χ4v) is 2.59. The van der Waals surface area contributed by atoms with Gasteiger partial charge in [-0.15, -0.1) is 0 Å². The Balaban J connectivity index is 1.90. The van der Waals surface area contributed by atoms with Crippen LogP contribution in [-0.4, -0.2) is 43.2 Å². The topological polar surface area (TPSA) is 50.9 Å². The summed E-state index contributed by atoms with van der Waals surface area (Å²) in [5.41, 5.74) is 5.90. The van der Waals surface area contributed by atoms with Crippen LogP contribution in [-0.2, 0) is 4.74 Å². The van der Waals surface area contributed by atoms with Crippen LogP contribution in [0.4, 0.5) is 0 Å². The van der Waals surface area contributed by atoms with Gasteiger partial charge in [0.25, 0.3) is 0 Å². The molecule has 0 bridgehead atoms. The summed E-state index contributed by atoms with van der Waals surface area (Å²) >= 11 is 0. The van der Waals surface area contributed by atoms with E-state index in [1.807, 2.05) is 7.11 Å². The molecule has 1 heterocycles. The number of hydrogen-bond donors (Lipinski definition) is 1. The average Bonchev–Trinajstić information content (AvgIpc) is 2.27. The third-order valence-electron chi connectivity index (χ3n) is 4.33. The summed E-state index contributed by atoms with van der Waals surface area (Å²) in [4.78, 5) is 6.67. The Bertz CT molecular complexity index is 278. The van der Waals surface area contributed by atoms with E-state index in [4.69, 9.17) is 10.5 Å². The third kappa shape index (κ3) is 2.92. The van der Waals surface area contributed by atoms with E-state index in [0.717, 1.165) is 38.4 Å². The minimum absolute atomic E-state index is 0.0536. The molecule has 2 N–H and O–H groups in total. The van der Waals surface area contributed by atoms with Crippen LogP contribution in [0.1, 0.15) is 39.0 Å². The number of methoxy groups -OCH3 is 1. The van der Waals surface area contributed by atoms with E-state index in [-0.39, 0.29) is 5.60 Å². The second kappa shape index (κ2) is 5.25. The number of ether oxygens (including phenoxy) is 1. The van der Waals surface area contributed by atoms with Gasteiger partial charge in [-0.2, -0.15) is 0 Å². The lowest BCUT2D eigenvalue weighted by Gasteiger charge is -2.38. The molecule has 0 aromatic rings. The van der Waals surface area contributed by atoms with E-state index in [0.29, 0.717) is 5.96 Å². The molecular weight excluding hydrogens is 214 g/mol. The molecule has 2 fully saturated rings. The fraction of sp³-hybridized carbons (Fsp3) is 0.923. The maximum Gasteiger partial charge on any atom is 0.191 e. The monoisotopic (exact) mass is 239 g/mol. The summed E-state index contributed by atoms with van der Waals surface area (Å²) < 4.78 is 5.73. The van der Waals surface area contributed by atoms with Crippen LogP contribution >= 0.6 is 0 Å². The van der Waals surface area contributed by atoms with Crippen LogP contribution in [0, 0.1) is 5.92 Å². The summed E-state index contributed by atoms with van der Waals surface area (Å²) in [7, 11) is 1.81. The number of hydrogen-bond acceptors (Lipinski definition) is 2. The maximum absolute atomic E-state index is 5.96. The van der Waals surface area contributed by atoms with Gasteiger partial charge in [-0.25, -0.2) is 0 Å². The Morgan fingerprint density at radius 1 is 1.41 bits per heavy atom. The first kappa shape index (κ1) is 12.7. The molecule has 0 aromatic carbocycles. The first-order chi connectivity index (χ1) is 8.15. The largest absolute Gasteiger partial charge is 0.376 e. The van der Waals surface area contributed by atoms with Gasteiger partial charge in [0.15, 0.2) is 5.96 Å². The maximum atomic E-state index is 5.96. The number of likely N-dealkylation sites (tertiary alicyclic amines) is 1. The minimum Gasteiger partial charge on any atom is -0.376 e. The molecule has 1 saturated carbocycles. The molecule has 1 aliphatic carbocycles. The molecule has 1 aliphatic heterocycles. The number of guanidine groups is 1. The van der Waals surface area contributed by atoms with Crippen molar-refractivity contribution in [3.8, 4) is 0 Å². The van der Waals surface area contributed by atoms with E-state index < -0.39 is 0 Å².